The Kier molecular flexibility index (Phi) is 5.14. The molecule has 0 saturated carbocycles. The fraction of sp³-hybridized carbons (Fsp3) is 0.250. The molecule has 3 aromatic rings. The van der Waals surface area contributed by atoms with Gasteiger partial charge in [0.05, 0.1) is 22.0 Å². The van der Waals surface area contributed by atoms with Crippen molar-refractivity contribution < 1.29 is 13.2 Å². The maximum absolute atomic E-state index is 13.2. The summed E-state index contributed by atoms with van der Waals surface area (Å²) in [6.07, 6.45) is -1.82. The number of fused-ring (bicyclic) bond motifs is 1. The third kappa shape index (κ3) is 3.65. The quantitative estimate of drug-likeness (QED) is 0.450. The van der Waals surface area contributed by atoms with E-state index in [4.69, 9.17) is 11.6 Å². The summed E-state index contributed by atoms with van der Waals surface area (Å²) in [5, 5.41) is 8.31. The molecule has 1 aromatic heterocycles. The van der Waals surface area contributed by atoms with E-state index in [1.165, 1.54) is 6.07 Å². The zero-order chi connectivity index (χ0) is 19.9. The average Bonchev–Trinajstić information content (AvgIpc) is 2.83. The number of nitrogens with one attached hydrogen (secondary N) is 1. The van der Waals surface area contributed by atoms with Crippen LogP contribution in [0.3, 0.4) is 0 Å². The summed E-state index contributed by atoms with van der Waals surface area (Å²) >= 11 is 9.71. The first-order chi connectivity index (χ1) is 13.3. The number of benzene rings is 2. The molecule has 8 heteroatoms. The van der Waals surface area contributed by atoms with Crippen molar-refractivity contribution >= 4 is 33.3 Å². The number of aromatic nitrogens is 2. The van der Waals surface area contributed by atoms with Crippen molar-refractivity contribution in [2.75, 3.05) is 11.9 Å². The van der Waals surface area contributed by atoms with Crippen LogP contribution in [0.4, 0.5) is 19.0 Å². The molecule has 1 aliphatic heterocycles. The van der Waals surface area contributed by atoms with Crippen molar-refractivity contribution in [3.05, 3.63) is 63.1 Å². The molecule has 0 radical (unpaired) electrons. The minimum atomic E-state index is -4.44. The van der Waals surface area contributed by atoms with Gasteiger partial charge in [-0.05, 0) is 61.7 Å². The minimum Gasteiger partial charge on any atom is -0.370 e. The maximum Gasteiger partial charge on any atom is 0.416 e. The second-order valence-electron chi connectivity index (χ2n) is 6.64. The third-order valence-corrected chi connectivity index (χ3v) is 5.61. The Labute approximate surface area is 173 Å². The van der Waals surface area contributed by atoms with Crippen LogP contribution >= 0.6 is 27.5 Å². The molecule has 0 unspecified atom stereocenters. The molecule has 2 aromatic carbocycles. The lowest BCUT2D eigenvalue weighted by atomic mass is 10.0. The fourth-order valence-electron chi connectivity index (χ4n) is 3.37. The van der Waals surface area contributed by atoms with E-state index < -0.39 is 11.7 Å². The van der Waals surface area contributed by atoms with Gasteiger partial charge >= 0.3 is 6.18 Å². The Morgan fingerprint density at radius 3 is 2.54 bits per heavy atom. The molecule has 146 valence electrons. The summed E-state index contributed by atoms with van der Waals surface area (Å²) in [6.45, 7) is 0.783. The van der Waals surface area contributed by atoms with Gasteiger partial charge in [-0.15, -0.1) is 0 Å². The lowest BCUT2D eigenvalue weighted by molar-refractivity contribution is -0.137. The van der Waals surface area contributed by atoms with Crippen LogP contribution in [0.15, 0.2) is 46.9 Å². The zero-order valence-electron chi connectivity index (χ0n) is 14.7. The maximum atomic E-state index is 13.2. The smallest absolute Gasteiger partial charge is 0.370 e. The largest absolute Gasteiger partial charge is 0.416 e. The molecule has 1 N–H and O–H groups in total. The first-order valence-electron chi connectivity index (χ1n) is 8.83. The third-order valence-electron chi connectivity index (χ3n) is 4.75. The number of nitrogens with zero attached hydrogens (tertiary/aromatic N) is 2. The SMILES string of the molecule is FC(F)(F)c1ccc(Cl)c(-c2nn(-c3ccc(Br)cc3)c3c2CCCCN3)c1. The lowest BCUT2D eigenvalue weighted by Gasteiger charge is -2.10. The number of hydrogen-bond acceptors (Lipinski definition) is 2. The van der Waals surface area contributed by atoms with Crippen molar-refractivity contribution in [3.8, 4) is 16.9 Å². The summed E-state index contributed by atoms with van der Waals surface area (Å²) in [7, 11) is 0. The number of anilines is 1. The van der Waals surface area contributed by atoms with Gasteiger partial charge in [0.25, 0.3) is 0 Å². The molecular weight excluding hydrogens is 455 g/mol. The lowest BCUT2D eigenvalue weighted by Crippen LogP contribution is -2.07. The number of rotatable bonds is 2. The molecule has 4 rings (SSSR count). The highest BCUT2D eigenvalue weighted by molar-refractivity contribution is 9.10. The molecule has 3 nitrogen and oxygen atoms in total. The van der Waals surface area contributed by atoms with Gasteiger partial charge in [-0.2, -0.15) is 18.3 Å². The highest BCUT2D eigenvalue weighted by atomic mass is 79.9. The molecule has 28 heavy (non-hydrogen) atoms. The number of alkyl halides is 3. The van der Waals surface area contributed by atoms with Gasteiger partial charge in [0.15, 0.2) is 0 Å². The molecule has 2 heterocycles. The molecule has 0 bridgehead atoms. The summed E-state index contributed by atoms with van der Waals surface area (Å²) in [5.41, 5.74) is 1.76. The van der Waals surface area contributed by atoms with E-state index in [0.717, 1.165) is 59.5 Å². The summed E-state index contributed by atoms with van der Waals surface area (Å²) in [4.78, 5) is 0. The van der Waals surface area contributed by atoms with E-state index in [1.54, 1.807) is 4.68 Å². The van der Waals surface area contributed by atoms with E-state index in [-0.39, 0.29) is 5.02 Å². The number of halogens is 5. The highest BCUT2D eigenvalue weighted by Gasteiger charge is 2.32. The average molecular weight is 471 g/mol. The van der Waals surface area contributed by atoms with Crippen LogP contribution in [0.5, 0.6) is 0 Å². The van der Waals surface area contributed by atoms with Crippen LogP contribution < -0.4 is 5.32 Å². The fourth-order valence-corrected chi connectivity index (χ4v) is 3.84. The molecule has 0 saturated heterocycles. The van der Waals surface area contributed by atoms with Gasteiger partial charge in [0, 0.05) is 22.1 Å². The van der Waals surface area contributed by atoms with Crippen LogP contribution in [0, 0.1) is 0 Å². The standard InChI is InChI=1S/C20H16BrClF3N3/c21-13-5-7-14(8-6-13)28-19-15(3-1-2-10-26-19)18(27-28)16-11-12(20(23,24)25)4-9-17(16)22/h4-9,11,26H,1-3,10H2. The van der Waals surface area contributed by atoms with Crippen LogP contribution in [0.2, 0.25) is 5.02 Å². The van der Waals surface area contributed by atoms with Crippen molar-refractivity contribution in [2.45, 2.75) is 25.4 Å². The molecule has 0 spiro atoms. The molecule has 0 atom stereocenters. The normalized spacial score (nSPS) is 14.3. The van der Waals surface area contributed by atoms with Gasteiger partial charge in [-0.25, -0.2) is 4.68 Å². The van der Waals surface area contributed by atoms with Crippen molar-refractivity contribution in [1.82, 2.24) is 9.78 Å². The van der Waals surface area contributed by atoms with Gasteiger partial charge < -0.3 is 5.32 Å². The van der Waals surface area contributed by atoms with Crippen LogP contribution in [0.1, 0.15) is 24.0 Å². The van der Waals surface area contributed by atoms with Crippen LogP contribution in [0.25, 0.3) is 16.9 Å². The number of hydrogen-bond donors (Lipinski definition) is 1. The van der Waals surface area contributed by atoms with Gasteiger partial charge in [-0.3, -0.25) is 0 Å². The first-order valence-corrected chi connectivity index (χ1v) is 10.0. The second-order valence-corrected chi connectivity index (χ2v) is 7.96. The second kappa shape index (κ2) is 7.44. The Bertz CT molecular complexity index is 1010. The Hall–Kier alpha value is -1.99. The molecule has 1 aliphatic rings. The van der Waals surface area contributed by atoms with Crippen molar-refractivity contribution in [3.63, 3.8) is 0 Å². The summed E-state index contributed by atoms with van der Waals surface area (Å²) < 4.78 is 42.4. The van der Waals surface area contributed by atoms with Crippen molar-refractivity contribution in [2.24, 2.45) is 0 Å². The highest BCUT2D eigenvalue weighted by Crippen LogP contribution is 2.40. The monoisotopic (exact) mass is 469 g/mol. The van der Waals surface area contributed by atoms with Gasteiger partial charge in [0.2, 0.25) is 0 Å². The van der Waals surface area contributed by atoms with E-state index in [9.17, 15) is 13.2 Å². The summed E-state index contributed by atoms with van der Waals surface area (Å²) in [6, 6.07) is 11.0. The molecule has 0 amide bonds. The first kappa shape index (κ1) is 19.3. The van der Waals surface area contributed by atoms with E-state index >= 15 is 0 Å². The van der Waals surface area contributed by atoms with Crippen LogP contribution in [-0.2, 0) is 12.6 Å². The van der Waals surface area contributed by atoms with Gasteiger partial charge in [-0.1, -0.05) is 27.5 Å². The Morgan fingerprint density at radius 2 is 1.82 bits per heavy atom. The van der Waals surface area contributed by atoms with Gasteiger partial charge in [0.1, 0.15) is 5.82 Å². The Morgan fingerprint density at radius 1 is 1.07 bits per heavy atom. The van der Waals surface area contributed by atoms with E-state index in [2.05, 4.69) is 26.3 Å². The predicted octanol–water partition coefficient (Wildman–Crippen LogP) is 6.72. The van der Waals surface area contributed by atoms with E-state index in [1.807, 2.05) is 24.3 Å². The van der Waals surface area contributed by atoms with E-state index in [0.29, 0.717) is 11.3 Å². The van der Waals surface area contributed by atoms with Crippen molar-refractivity contribution in [1.29, 1.82) is 0 Å². The minimum absolute atomic E-state index is 0.250. The topological polar surface area (TPSA) is 29.9 Å². The summed E-state index contributed by atoms with van der Waals surface area (Å²) in [5.74, 6) is 0.809. The Balaban J connectivity index is 1.92. The molecular formula is C20H16BrClF3N3. The molecule has 0 aliphatic carbocycles. The van der Waals surface area contributed by atoms with Crippen LogP contribution in [-0.4, -0.2) is 16.3 Å². The predicted molar refractivity (Wildman–Crippen MR) is 108 cm³/mol. The molecule has 0 fully saturated rings. The zero-order valence-corrected chi connectivity index (χ0v) is 17.0.